The van der Waals surface area contributed by atoms with Crippen LogP contribution in [0.2, 0.25) is 0 Å². The molecule has 192 valence electrons. The Morgan fingerprint density at radius 1 is 1.31 bits per heavy atom. The Balaban J connectivity index is 1.98. The van der Waals surface area contributed by atoms with Gasteiger partial charge in [-0.2, -0.15) is 0 Å². The third-order valence-electron chi connectivity index (χ3n) is 5.26. The van der Waals surface area contributed by atoms with Gasteiger partial charge in [0.05, 0.1) is 6.04 Å². The minimum Gasteiger partial charge on any atom is -0.444 e. The van der Waals surface area contributed by atoms with Crippen molar-refractivity contribution in [1.82, 2.24) is 15.5 Å². The minimum atomic E-state index is -0.689. The van der Waals surface area contributed by atoms with Crippen LogP contribution in [0.4, 0.5) is 10.5 Å². The van der Waals surface area contributed by atoms with Gasteiger partial charge in [0.2, 0.25) is 5.91 Å². The van der Waals surface area contributed by atoms with Gasteiger partial charge in [0.1, 0.15) is 22.5 Å². The molecule has 0 spiro atoms. The summed E-state index contributed by atoms with van der Waals surface area (Å²) in [6.07, 6.45) is 0.639. The molecular formula is C24H35ClN6O4. The molecule has 35 heavy (non-hydrogen) atoms. The molecule has 0 saturated carbocycles. The molecule has 0 fully saturated rings. The van der Waals surface area contributed by atoms with Crippen molar-refractivity contribution in [2.24, 2.45) is 10.7 Å². The van der Waals surface area contributed by atoms with E-state index in [0.717, 1.165) is 5.56 Å². The lowest BCUT2D eigenvalue weighted by Crippen LogP contribution is -2.47. The number of aliphatic imine (C=N–C) groups is 1. The Hall–Kier alpha value is -3.27. The van der Waals surface area contributed by atoms with Crippen LogP contribution in [-0.2, 0) is 20.7 Å². The molecule has 1 aliphatic rings. The molecule has 3 amide bonds. The van der Waals surface area contributed by atoms with Gasteiger partial charge >= 0.3 is 6.09 Å². The highest BCUT2D eigenvalue weighted by molar-refractivity contribution is 6.67. The van der Waals surface area contributed by atoms with E-state index in [1.165, 1.54) is 11.9 Å². The second-order valence-electron chi connectivity index (χ2n) is 9.26. The molecule has 1 unspecified atom stereocenters. The maximum absolute atomic E-state index is 12.5. The van der Waals surface area contributed by atoms with Crippen LogP contribution in [0.15, 0.2) is 40.8 Å². The highest BCUT2D eigenvalue weighted by Gasteiger charge is 2.27. The average molecular weight is 507 g/mol. The van der Waals surface area contributed by atoms with E-state index in [-0.39, 0.29) is 23.5 Å². The molecule has 0 aliphatic carbocycles. The smallest absolute Gasteiger partial charge is 0.410 e. The van der Waals surface area contributed by atoms with Gasteiger partial charge in [-0.15, -0.1) is 0 Å². The molecule has 0 radical (unpaired) electrons. The fourth-order valence-electron chi connectivity index (χ4n) is 3.18. The van der Waals surface area contributed by atoms with E-state index in [1.54, 1.807) is 27.7 Å². The molecule has 1 aliphatic heterocycles. The number of likely N-dealkylation sites (N-methyl/N-ethyl adjacent to an activating group) is 1. The van der Waals surface area contributed by atoms with Crippen molar-refractivity contribution >= 4 is 40.4 Å². The number of anilines is 1. The van der Waals surface area contributed by atoms with Crippen molar-refractivity contribution in [3.8, 4) is 0 Å². The monoisotopic (exact) mass is 506 g/mol. The summed E-state index contributed by atoms with van der Waals surface area (Å²) in [5.41, 5.74) is 6.66. The second kappa shape index (κ2) is 11.9. The average Bonchev–Trinajstić information content (AvgIpc) is 2.77. The van der Waals surface area contributed by atoms with Crippen molar-refractivity contribution < 1.29 is 19.1 Å². The number of halogens is 1. The van der Waals surface area contributed by atoms with Crippen LogP contribution in [0.25, 0.3) is 0 Å². The number of nitrogens with two attached hydrogens (primary N) is 1. The maximum Gasteiger partial charge on any atom is 0.410 e. The van der Waals surface area contributed by atoms with Gasteiger partial charge in [-0.1, -0.05) is 30.7 Å². The Morgan fingerprint density at radius 3 is 2.60 bits per heavy atom. The molecule has 5 N–H and O–H groups in total. The van der Waals surface area contributed by atoms with E-state index in [0.29, 0.717) is 30.2 Å². The first-order valence-corrected chi connectivity index (χ1v) is 11.8. The van der Waals surface area contributed by atoms with Crippen molar-refractivity contribution in [3.63, 3.8) is 0 Å². The van der Waals surface area contributed by atoms with Crippen molar-refractivity contribution in [1.29, 1.82) is 0 Å². The van der Waals surface area contributed by atoms with Crippen LogP contribution >= 0.6 is 11.6 Å². The number of nitrogens with one attached hydrogen (secondary N) is 3. The van der Waals surface area contributed by atoms with E-state index >= 15 is 0 Å². The number of carbonyl (C=O) groups is 3. The SMILES string of the molecule is CCC1NC(C(N)=O)=C(Nc2cccc(CCNC(=O)[C@H](C)N(C)C(=O)OC(C)(C)C)c2)N=C1Cl. The Bertz CT molecular complexity index is 1020. The molecule has 11 heteroatoms. The molecule has 2 rings (SSSR count). The number of benzene rings is 1. The first-order valence-electron chi connectivity index (χ1n) is 11.5. The van der Waals surface area contributed by atoms with Gasteiger partial charge in [0.15, 0.2) is 5.82 Å². The number of carbonyl (C=O) groups excluding carboxylic acids is 3. The molecule has 10 nitrogen and oxygen atoms in total. The molecule has 0 bridgehead atoms. The van der Waals surface area contributed by atoms with Crippen molar-refractivity contribution in [2.75, 3.05) is 18.9 Å². The molecule has 2 atom stereocenters. The van der Waals surface area contributed by atoms with Crippen LogP contribution in [0, 0.1) is 0 Å². The number of hydrogen-bond donors (Lipinski definition) is 4. The summed E-state index contributed by atoms with van der Waals surface area (Å²) in [7, 11) is 1.53. The van der Waals surface area contributed by atoms with E-state index in [9.17, 15) is 14.4 Å². The molecule has 0 aromatic heterocycles. The fraction of sp³-hybridized carbons (Fsp3) is 0.500. The van der Waals surface area contributed by atoms with Gasteiger partial charge in [-0.05, 0) is 58.2 Å². The lowest BCUT2D eigenvalue weighted by molar-refractivity contribution is -0.125. The van der Waals surface area contributed by atoms with E-state index < -0.39 is 23.6 Å². The Labute approximate surface area is 211 Å². The van der Waals surface area contributed by atoms with Crippen LogP contribution in [0.3, 0.4) is 0 Å². The first-order chi connectivity index (χ1) is 16.3. The van der Waals surface area contributed by atoms with Crippen LogP contribution in [0.1, 0.15) is 46.6 Å². The Morgan fingerprint density at radius 2 is 2.00 bits per heavy atom. The van der Waals surface area contributed by atoms with Crippen LogP contribution in [0.5, 0.6) is 0 Å². The molecule has 1 aromatic rings. The largest absolute Gasteiger partial charge is 0.444 e. The Kier molecular flexibility index (Phi) is 9.53. The van der Waals surface area contributed by atoms with Gasteiger partial charge < -0.3 is 26.4 Å². The summed E-state index contributed by atoms with van der Waals surface area (Å²) in [6, 6.07) is 6.50. The van der Waals surface area contributed by atoms with Crippen molar-refractivity contribution in [2.45, 2.75) is 65.1 Å². The standard InChI is InChI=1S/C24H35ClN6O4/c1-7-17-19(25)30-21(18(29-17)20(26)32)28-16-10-8-9-15(13-16)11-12-27-22(33)14(2)31(6)23(34)35-24(3,4)5/h8-10,13-14,17,28-29H,7,11-12H2,1-6H3,(H2,26,32)(H,27,33)/t14-,17?/m0/s1. The summed E-state index contributed by atoms with van der Waals surface area (Å²) >= 11 is 6.23. The number of primary amides is 1. The van der Waals surface area contributed by atoms with Gasteiger partial charge in [-0.3, -0.25) is 14.5 Å². The van der Waals surface area contributed by atoms with E-state index in [2.05, 4.69) is 20.9 Å². The van der Waals surface area contributed by atoms with Gasteiger partial charge in [-0.25, -0.2) is 9.79 Å². The summed E-state index contributed by atoms with van der Waals surface area (Å²) in [5, 5.41) is 9.29. The third-order valence-corrected chi connectivity index (χ3v) is 5.61. The highest BCUT2D eigenvalue weighted by atomic mass is 35.5. The number of nitrogens with zero attached hydrogens (tertiary/aromatic N) is 2. The fourth-order valence-corrected chi connectivity index (χ4v) is 3.47. The normalized spacial score (nSPS) is 16.5. The van der Waals surface area contributed by atoms with Crippen molar-refractivity contribution in [3.05, 3.63) is 41.3 Å². The number of rotatable bonds is 9. The third kappa shape index (κ3) is 8.17. The zero-order chi connectivity index (χ0) is 26.3. The van der Waals surface area contributed by atoms with Crippen LogP contribution in [-0.4, -0.2) is 59.3 Å². The molecular weight excluding hydrogens is 472 g/mol. The van der Waals surface area contributed by atoms with Gasteiger partial charge in [0.25, 0.3) is 5.91 Å². The van der Waals surface area contributed by atoms with E-state index in [4.69, 9.17) is 22.1 Å². The summed E-state index contributed by atoms with van der Waals surface area (Å²) in [6.45, 7) is 9.24. The zero-order valence-electron chi connectivity index (χ0n) is 21.1. The quantitative estimate of drug-likeness (QED) is 0.406. The summed E-state index contributed by atoms with van der Waals surface area (Å²) in [5.74, 6) is -0.675. The maximum atomic E-state index is 12.5. The lowest BCUT2D eigenvalue weighted by atomic mass is 10.1. The number of amides is 3. The molecule has 1 heterocycles. The number of hydrogen-bond acceptors (Lipinski definition) is 7. The van der Waals surface area contributed by atoms with Crippen LogP contribution < -0.4 is 21.7 Å². The molecule has 1 aromatic carbocycles. The molecule has 0 saturated heterocycles. The minimum absolute atomic E-state index is 0.169. The topological polar surface area (TPSA) is 138 Å². The summed E-state index contributed by atoms with van der Waals surface area (Å²) in [4.78, 5) is 42.1. The predicted molar refractivity (Wildman–Crippen MR) is 137 cm³/mol. The van der Waals surface area contributed by atoms with E-state index in [1.807, 2.05) is 31.2 Å². The highest BCUT2D eigenvalue weighted by Crippen LogP contribution is 2.20. The first kappa shape index (κ1) is 28.0. The number of ether oxygens (including phenoxy) is 1. The zero-order valence-corrected chi connectivity index (χ0v) is 21.8. The predicted octanol–water partition coefficient (Wildman–Crippen LogP) is 2.69. The lowest BCUT2D eigenvalue weighted by Gasteiger charge is -2.28. The summed E-state index contributed by atoms with van der Waals surface area (Å²) < 4.78 is 5.31. The second-order valence-corrected chi connectivity index (χ2v) is 9.65. The van der Waals surface area contributed by atoms with Gasteiger partial charge in [0, 0.05) is 19.3 Å².